The monoisotopic (exact) mass is 226 g/mol. The summed E-state index contributed by atoms with van der Waals surface area (Å²) in [5.74, 6) is 2.77. The van der Waals surface area contributed by atoms with Gasteiger partial charge < -0.3 is 15.8 Å². The summed E-state index contributed by atoms with van der Waals surface area (Å²) in [6.07, 6.45) is 6.35. The van der Waals surface area contributed by atoms with E-state index < -0.39 is 6.04 Å². The molecule has 0 aliphatic heterocycles. The Balaban J connectivity index is 3.38. The van der Waals surface area contributed by atoms with Gasteiger partial charge in [0.15, 0.2) is 0 Å². The smallest absolute Gasteiger partial charge is 0.237 e. The van der Waals surface area contributed by atoms with Gasteiger partial charge in [-0.1, -0.05) is 13.8 Å². The molecule has 0 radical (unpaired) electrons. The second kappa shape index (κ2) is 9.20. The fourth-order valence-electron chi connectivity index (χ4n) is 1.02. The number of carbonyl (C=O) groups excluding carboxylic acids is 1. The lowest BCUT2D eigenvalue weighted by atomic mass is 10.1. The van der Waals surface area contributed by atoms with Gasteiger partial charge in [0.2, 0.25) is 5.91 Å². The number of hydrogen-bond donors (Lipinski definition) is 2. The zero-order chi connectivity index (χ0) is 12.4. The van der Waals surface area contributed by atoms with E-state index in [-0.39, 0.29) is 12.3 Å². The molecule has 3 N–H and O–H groups in total. The highest BCUT2D eigenvalue weighted by Gasteiger charge is 2.10. The maximum atomic E-state index is 11.3. The molecule has 0 aromatic heterocycles. The molecule has 1 atom stereocenters. The molecule has 0 saturated heterocycles. The fraction of sp³-hybridized carbons (Fsp3) is 0.750. The summed E-state index contributed by atoms with van der Waals surface area (Å²) >= 11 is 0. The van der Waals surface area contributed by atoms with Gasteiger partial charge >= 0.3 is 0 Å². The number of hydrogen-bond acceptors (Lipinski definition) is 3. The second-order valence-corrected chi connectivity index (χ2v) is 4.10. The minimum atomic E-state index is -0.610. The molecule has 1 amide bonds. The molecular formula is C12H22N2O2. The summed E-state index contributed by atoms with van der Waals surface area (Å²) in [7, 11) is 0. The van der Waals surface area contributed by atoms with Gasteiger partial charge in [-0.15, -0.1) is 12.3 Å². The number of rotatable bonds is 8. The van der Waals surface area contributed by atoms with Crippen molar-refractivity contribution in [3.63, 3.8) is 0 Å². The summed E-state index contributed by atoms with van der Waals surface area (Å²) < 4.78 is 5.34. The van der Waals surface area contributed by atoms with Crippen molar-refractivity contribution in [2.24, 2.45) is 11.7 Å². The topological polar surface area (TPSA) is 64.4 Å². The van der Waals surface area contributed by atoms with Crippen LogP contribution in [0, 0.1) is 18.3 Å². The van der Waals surface area contributed by atoms with Gasteiger partial charge in [0.05, 0.1) is 12.6 Å². The molecule has 0 saturated carbocycles. The molecule has 0 aliphatic carbocycles. The van der Waals surface area contributed by atoms with E-state index in [4.69, 9.17) is 16.9 Å². The third kappa shape index (κ3) is 8.27. The molecule has 0 aliphatic rings. The van der Waals surface area contributed by atoms with Crippen LogP contribution in [0.1, 0.15) is 26.7 Å². The lowest BCUT2D eigenvalue weighted by Gasteiger charge is -2.10. The number of carbonyl (C=O) groups is 1. The zero-order valence-corrected chi connectivity index (χ0v) is 10.2. The lowest BCUT2D eigenvalue weighted by molar-refractivity contribution is -0.122. The molecule has 0 spiro atoms. The minimum Gasteiger partial charge on any atom is -0.380 e. The number of ether oxygens (including phenoxy) is 1. The van der Waals surface area contributed by atoms with Crippen LogP contribution in [0.25, 0.3) is 0 Å². The van der Waals surface area contributed by atoms with Gasteiger partial charge in [-0.3, -0.25) is 4.79 Å². The van der Waals surface area contributed by atoms with Crippen molar-refractivity contribution in [2.45, 2.75) is 32.7 Å². The number of terminal acetylenes is 1. The summed E-state index contributed by atoms with van der Waals surface area (Å²) in [6.45, 7) is 6.01. The van der Waals surface area contributed by atoms with Crippen molar-refractivity contribution in [3.05, 3.63) is 0 Å². The van der Waals surface area contributed by atoms with Crippen molar-refractivity contribution in [2.75, 3.05) is 19.8 Å². The maximum Gasteiger partial charge on any atom is 0.237 e. The van der Waals surface area contributed by atoms with Crippen LogP contribution in [0.4, 0.5) is 0 Å². The Morgan fingerprint density at radius 1 is 1.50 bits per heavy atom. The van der Waals surface area contributed by atoms with Crippen LogP contribution in [0.2, 0.25) is 0 Å². The number of nitrogens with one attached hydrogen (secondary N) is 1. The van der Waals surface area contributed by atoms with E-state index in [0.29, 0.717) is 19.1 Å². The highest BCUT2D eigenvalue weighted by Crippen LogP contribution is 1.98. The second-order valence-electron chi connectivity index (χ2n) is 4.10. The number of nitrogens with two attached hydrogens (primary N) is 1. The van der Waals surface area contributed by atoms with Gasteiger partial charge in [-0.2, -0.15) is 0 Å². The Morgan fingerprint density at radius 3 is 2.75 bits per heavy atom. The molecule has 0 aromatic carbocycles. The SMILES string of the molecule is C#CCC(N)C(=O)NCCOCCC(C)C. The third-order valence-corrected chi connectivity index (χ3v) is 2.06. The number of amides is 1. The first-order chi connectivity index (χ1) is 7.57. The van der Waals surface area contributed by atoms with Gasteiger partial charge in [-0.05, 0) is 12.3 Å². The average Bonchev–Trinajstić information content (AvgIpc) is 2.22. The summed E-state index contributed by atoms with van der Waals surface area (Å²) in [6, 6.07) is -0.610. The summed E-state index contributed by atoms with van der Waals surface area (Å²) in [5.41, 5.74) is 5.51. The predicted molar refractivity (Wildman–Crippen MR) is 64.7 cm³/mol. The highest BCUT2D eigenvalue weighted by molar-refractivity contribution is 5.81. The molecule has 0 fully saturated rings. The van der Waals surface area contributed by atoms with Gasteiger partial charge in [0.1, 0.15) is 0 Å². The Morgan fingerprint density at radius 2 is 2.19 bits per heavy atom. The van der Waals surface area contributed by atoms with E-state index in [0.717, 1.165) is 13.0 Å². The van der Waals surface area contributed by atoms with Crippen molar-refractivity contribution in [1.29, 1.82) is 0 Å². The molecule has 16 heavy (non-hydrogen) atoms. The highest BCUT2D eigenvalue weighted by atomic mass is 16.5. The van der Waals surface area contributed by atoms with Gasteiger partial charge in [0.25, 0.3) is 0 Å². The molecule has 1 unspecified atom stereocenters. The van der Waals surface area contributed by atoms with Crippen molar-refractivity contribution in [3.8, 4) is 12.3 Å². The Kier molecular flexibility index (Phi) is 8.59. The largest absolute Gasteiger partial charge is 0.380 e. The minimum absolute atomic E-state index is 0.217. The van der Waals surface area contributed by atoms with Crippen molar-refractivity contribution in [1.82, 2.24) is 5.32 Å². The average molecular weight is 226 g/mol. The quantitative estimate of drug-likeness (QED) is 0.468. The Bertz CT molecular complexity index is 234. The van der Waals surface area contributed by atoms with Crippen LogP contribution < -0.4 is 11.1 Å². The van der Waals surface area contributed by atoms with Crippen LogP contribution in [-0.4, -0.2) is 31.7 Å². The molecule has 0 aromatic rings. The van der Waals surface area contributed by atoms with Crippen LogP contribution in [0.3, 0.4) is 0 Å². The van der Waals surface area contributed by atoms with Gasteiger partial charge in [-0.25, -0.2) is 0 Å². The molecule has 92 valence electrons. The normalized spacial score (nSPS) is 12.2. The Labute approximate surface area is 97.9 Å². The summed E-state index contributed by atoms with van der Waals surface area (Å²) in [5, 5.41) is 2.67. The van der Waals surface area contributed by atoms with Crippen LogP contribution in [-0.2, 0) is 9.53 Å². The van der Waals surface area contributed by atoms with E-state index >= 15 is 0 Å². The first kappa shape index (κ1) is 14.9. The first-order valence-electron chi connectivity index (χ1n) is 5.62. The Hall–Kier alpha value is -1.05. The zero-order valence-electron chi connectivity index (χ0n) is 10.2. The van der Waals surface area contributed by atoms with E-state index in [1.54, 1.807) is 0 Å². The van der Waals surface area contributed by atoms with E-state index in [1.807, 2.05) is 0 Å². The van der Waals surface area contributed by atoms with E-state index in [1.165, 1.54) is 0 Å². The molecule has 0 bridgehead atoms. The molecular weight excluding hydrogens is 204 g/mol. The van der Waals surface area contributed by atoms with Crippen molar-refractivity contribution < 1.29 is 9.53 Å². The van der Waals surface area contributed by atoms with Crippen LogP contribution in [0.5, 0.6) is 0 Å². The summed E-state index contributed by atoms with van der Waals surface area (Å²) in [4.78, 5) is 11.3. The molecule has 0 heterocycles. The van der Waals surface area contributed by atoms with Crippen LogP contribution >= 0.6 is 0 Å². The maximum absolute atomic E-state index is 11.3. The fourth-order valence-corrected chi connectivity index (χ4v) is 1.02. The van der Waals surface area contributed by atoms with Crippen molar-refractivity contribution >= 4 is 5.91 Å². The third-order valence-electron chi connectivity index (χ3n) is 2.06. The first-order valence-corrected chi connectivity index (χ1v) is 5.62. The van der Waals surface area contributed by atoms with Gasteiger partial charge in [0, 0.05) is 19.6 Å². The molecule has 4 heteroatoms. The van der Waals surface area contributed by atoms with E-state index in [2.05, 4.69) is 25.1 Å². The van der Waals surface area contributed by atoms with E-state index in [9.17, 15) is 4.79 Å². The predicted octanol–water partition coefficient (Wildman–Crippen LogP) is 0.516. The van der Waals surface area contributed by atoms with Crippen LogP contribution in [0.15, 0.2) is 0 Å². The standard InChI is InChI=1S/C12H22N2O2/c1-4-5-11(13)12(15)14-7-9-16-8-6-10(2)3/h1,10-11H,5-9,13H2,2-3H3,(H,14,15). The lowest BCUT2D eigenvalue weighted by Crippen LogP contribution is -2.41. The molecule has 0 rings (SSSR count). The molecule has 4 nitrogen and oxygen atoms in total.